The zero-order valence-electron chi connectivity index (χ0n) is 15.8. The number of carbonyl (C=O) groups excluding carboxylic acids is 1. The lowest BCUT2D eigenvalue weighted by Gasteiger charge is -2.35. The maximum Gasteiger partial charge on any atom is 0.304 e. The molecule has 0 saturated carbocycles. The van der Waals surface area contributed by atoms with E-state index >= 15 is 0 Å². The predicted octanol–water partition coefficient (Wildman–Crippen LogP) is 3.43. The van der Waals surface area contributed by atoms with Crippen LogP contribution in [-0.4, -0.2) is 47.6 Å². The molecule has 3 atom stereocenters. The summed E-state index contributed by atoms with van der Waals surface area (Å²) in [7, 11) is 0. The lowest BCUT2D eigenvalue weighted by atomic mass is 9.87. The standard InChI is InChI=1S/C20H36N2O3/c1-2-3-4-5-8-18-14-16(9-11-21-18)10-13-22-12-6-7-17(20(22)25)15-19(23)24/h16-18,21H,2-15H2,1H3,(H,23,24). The molecule has 2 fully saturated rings. The molecule has 5 nitrogen and oxygen atoms in total. The molecule has 0 aliphatic carbocycles. The lowest BCUT2D eigenvalue weighted by molar-refractivity contribution is -0.146. The van der Waals surface area contributed by atoms with E-state index in [4.69, 9.17) is 5.11 Å². The highest BCUT2D eigenvalue weighted by Gasteiger charge is 2.31. The molecule has 2 saturated heterocycles. The summed E-state index contributed by atoms with van der Waals surface area (Å²) in [5, 5.41) is 12.6. The minimum atomic E-state index is -0.857. The van der Waals surface area contributed by atoms with Gasteiger partial charge in [-0.2, -0.15) is 0 Å². The van der Waals surface area contributed by atoms with E-state index in [1.165, 1.54) is 44.9 Å². The van der Waals surface area contributed by atoms with E-state index in [0.717, 1.165) is 38.9 Å². The number of piperidine rings is 2. The van der Waals surface area contributed by atoms with Gasteiger partial charge in [0, 0.05) is 25.0 Å². The fourth-order valence-corrected chi connectivity index (χ4v) is 4.38. The molecule has 5 heteroatoms. The Morgan fingerprint density at radius 3 is 2.84 bits per heavy atom. The first-order valence-corrected chi connectivity index (χ1v) is 10.3. The van der Waals surface area contributed by atoms with Crippen molar-refractivity contribution >= 4 is 11.9 Å². The van der Waals surface area contributed by atoms with Crippen molar-refractivity contribution in [2.24, 2.45) is 11.8 Å². The van der Waals surface area contributed by atoms with Gasteiger partial charge in [-0.3, -0.25) is 9.59 Å². The third-order valence-corrected chi connectivity index (χ3v) is 5.88. The highest BCUT2D eigenvalue weighted by Crippen LogP contribution is 2.26. The summed E-state index contributed by atoms with van der Waals surface area (Å²) in [6, 6.07) is 0.646. The highest BCUT2D eigenvalue weighted by molar-refractivity contribution is 5.83. The Morgan fingerprint density at radius 1 is 1.24 bits per heavy atom. The Labute approximate surface area is 152 Å². The van der Waals surface area contributed by atoms with E-state index in [1.807, 2.05) is 4.90 Å². The van der Waals surface area contributed by atoms with Gasteiger partial charge < -0.3 is 15.3 Å². The summed E-state index contributed by atoms with van der Waals surface area (Å²) in [6.45, 7) is 4.96. The maximum atomic E-state index is 12.5. The molecule has 0 aromatic carbocycles. The second kappa shape index (κ2) is 10.8. The zero-order chi connectivity index (χ0) is 18.1. The van der Waals surface area contributed by atoms with Crippen molar-refractivity contribution in [1.29, 1.82) is 0 Å². The molecule has 3 unspecified atom stereocenters. The smallest absolute Gasteiger partial charge is 0.304 e. The second-order valence-electron chi connectivity index (χ2n) is 7.94. The third-order valence-electron chi connectivity index (χ3n) is 5.88. The van der Waals surface area contributed by atoms with Crippen LogP contribution >= 0.6 is 0 Å². The predicted molar refractivity (Wildman–Crippen MR) is 99.4 cm³/mol. The fourth-order valence-electron chi connectivity index (χ4n) is 4.38. The molecule has 2 N–H and O–H groups in total. The Morgan fingerprint density at radius 2 is 2.08 bits per heavy atom. The Bertz CT molecular complexity index is 427. The number of hydrogen-bond donors (Lipinski definition) is 2. The van der Waals surface area contributed by atoms with E-state index < -0.39 is 5.97 Å². The zero-order valence-corrected chi connectivity index (χ0v) is 15.8. The summed E-state index contributed by atoms with van der Waals surface area (Å²) in [5.41, 5.74) is 0. The lowest BCUT2D eigenvalue weighted by Crippen LogP contribution is -2.44. The first kappa shape index (κ1) is 20.2. The Balaban J connectivity index is 1.70. The van der Waals surface area contributed by atoms with Gasteiger partial charge in [-0.25, -0.2) is 0 Å². The number of carboxylic acids is 1. The number of unbranched alkanes of at least 4 members (excludes halogenated alkanes) is 3. The largest absolute Gasteiger partial charge is 0.481 e. The van der Waals surface area contributed by atoms with Crippen molar-refractivity contribution < 1.29 is 14.7 Å². The molecule has 25 heavy (non-hydrogen) atoms. The SMILES string of the molecule is CCCCCCC1CC(CCN2CCCC(CC(=O)O)C2=O)CCN1. The third kappa shape index (κ3) is 6.96. The summed E-state index contributed by atoms with van der Waals surface area (Å²) < 4.78 is 0. The quantitative estimate of drug-likeness (QED) is 0.591. The van der Waals surface area contributed by atoms with Crippen molar-refractivity contribution in [1.82, 2.24) is 10.2 Å². The van der Waals surface area contributed by atoms with Crippen LogP contribution < -0.4 is 5.32 Å². The number of carboxylic acid groups (broad SMARTS) is 1. The van der Waals surface area contributed by atoms with Crippen LogP contribution in [0.1, 0.15) is 77.6 Å². The minimum absolute atomic E-state index is 0.0114. The van der Waals surface area contributed by atoms with Crippen molar-refractivity contribution in [3.05, 3.63) is 0 Å². The first-order chi connectivity index (χ1) is 12.1. The number of nitrogens with zero attached hydrogens (tertiary/aromatic N) is 1. The fraction of sp³-hybridized carbons (Fsp3) is 0.900. The summed E-state index contributed by atoms with van der Waals surface area (Å²) in [5.74, 6) is -0.390. The monoisotopic (exact) mass is 352 g/mol. The molecule has 1 amide bonds. The minimum Gasteiger partial charge on any atom is -0.481 e. The van der Waals surface area contributed by atoms with Gasteiger partial charge in [-0.1, -0.05) is 32.6 Å². The van der Waals surface area contributed by atoms with Gasteiger partial charge in [0.05, 0.1) is 6.42 Å². The van der Waals surface area contributed by atoms with Gasteiger partial charge in [-0.15, -0.1) is 0 Å². The molecule has 0 radical (unpaired) electrons. The van der Waals surface area contributed by atoms with E-state index in [-0.39, 0.29) is 18.2 Å². The summed E-state index contributed by atoms with van der Waals surface area (Å²) >= 11 is 0. The molecule has 2 aliphatic rings. The molecule has 0 bridgehead atoms. The van der Waals surface area contributed by atoms with Crippen molar-refractivity contribution in [2.45, 2.75) is 83.6 Å². The number of carbonyl (C=O) groups is 2. The average Bonchev–Trinajstić information content (AvgIpc) is 2.59. The van der Waals surface area contributed by atoms with Crippen LogP contribution in [0.4, 0.5) is 0 Å². The van der Waals surface area contributed by atoms with E-state index in [0.29, 0.717) is 12.0 Å². The summed E-state index contributed by atoms with van der Waals surface area (Å²) in [4.78, 5) is 25.3. The highest BCUT2D eigenvalue weighted by atomic mass is 16.4. The molecule has 144 valence electrons. The van der Waals surface area contributed by atoms with Crippen LogP contribution in [0.5, 0.6) is 0 Å². The van der Waals surface area contributed by atoms with E-state index in [1.54, 1.807) is 0 Å². The van der Waals surface area contributed by atoms with Crippen molar-refractivity contribution in [3.8, 4) is 0 Å². The van der Waals surface area contributed by atoms with Crippen LogP contribution in [0.25, 0.3) is 0 Å². The number of rotatable bonds is 10. The Kier molecular flexibility index (Phi) is 8.73. The van der Waals surface area contributed by atoms with Gasteiger partial charge in [0.15, 0.2) is 0 Å². The van der Waals surface area contributed by atoms with Gasteiger partial charge in [-0.05, 0) is 51.0 Å². The number of amides is 1. The van der Waals surface area contributed by atoms with Crippen LogP contribution in [0.2, 0.25) is 0 Å². The molecule has 0 aromatic heterocycles. The molecular formula is C20H36N2O3. The van der Waals surface area contributed by atoms with E-state index in [9.17, 15) is 9.59 Å². The molecule has 0 spiro atoms. The van der Waals surface area contributed by atoms with Crippen LogP contribution in [0, 0.1) is 11.8 Å². The van der Waals surface area contributed by atoms with Crippen molar-refractivity contribution in [2.75, 3.05) is 19.6 Å². The number of hydrogen-bond acceptors (Lipinski definition) is 3. The van der Waals surface area contributed by atoms with E-state index in [2.05, 4.69) is 12.2 Å². The molecular weight excluding hydrogens is 316 g/mol. The number of likely N-dealkylation sites (tertiary alicyclic amines) is 1. The van der Waals surface area contributed by atoms with Crippen LogP contribution in [0.15, 0.2) is 0 Å². The molecule has 2 rings (SSSR count). The first-order valence-electron chi connectivity index (χ1n) is 10.3. The van der Waals surface area contributed by atoms with Gasteiger partial charge >= 0.3 is 5.97 Å². The summed E-state index contributed by atoms with van der Waals surface area (Å²) in [6.07, 6.45) is 11.7. The van der Waals surface area contributed by atoms with Crippen molar-refractivity contribution in [3.63, 3.8) is 0 Å². The second-order valence-corrected chi connectivity index (χ2v) is 7.94. The van der Waals surface area contributed by atoms with Gasteiger partial charge in [0.25, 0.3) is 0 Å². The van der Waals surface area contributed by atoms with Crippen LogP contribution in [-0.2, 0) is 9.59 Å². The van der Waals surface area contributed by atoms with Gasteiger partial charge in [0.1, 0.15) is 0 Å². The number of nitrogens with one attached hydrogen (secondary N) is 1. The Hall–Kier alpha value is -1.10. The molecule has 0 aromatic rings. The number of aliphatic carboxylic acids is 1. The van der Waals surface area contributed by atoms with Gasteiger partial charge in [0.2, 0.25) is 5.91 Å². The average molecular weight is 353 g/mol. The normalized spacial score (nSPS) is 27.5. The van der Waals surface area contributed by atoms with Crippen LogP contribution in [0.3, 0.4) is 0 Å². The topological polar surface area (TPSA) is 69.6 Å². The molecule has 2 aliphatic heterocycles. The maximum absolute atomic E-state index is 12.5. The molecule has 2 heterocycles.